The monoisotopic (exact) mass is 288 g/mol. The van der Waals surface area contributed by atoms with Gasteiger partial charge in [0.25, 0.3) is 0 Å². The van der Waals surface area contributed by atoms with E-state index in [0.717, 1.165) is 5.56 Å². The molecule has 6 heteroatoms. The Balaban J connectivity index is 2.36. The second-order valence-electron chi connectivity index (χ2n) is 5.00. The van der Waals surface area contributed by atoms with Gasteiger partial charge in [0.2, 0.25) is 5.41 Å². The van der Waals surface area contributed by atoms with Crippen LogP contribution in [0.15, 0.2) is 48.1 Å². The molecule has 2 rings (SSSR count). The molecule has 0 heterocycles. The fourth-order valence-corrected chi connectivity index (χ4v) is 2.30. The number of aliphatic carboxylic acids is 2. The van der Waals surface area contributed by atoms with Gasteiger partial charge in [-0.2, -0.15) is 0 Å². The SMILES string of the molecule is Nc1ccc(CC2=CC(C(=O)O)(C(=O)O)C(N)C=C2)cc1. The van der Waals surface area contributed by atoms with Crippen LogP contribution in [0.25, 0.3) is 0 Å². The lowest BCUT2D eigenvalue weighted by molar-refractivity contribution is -0.161. The second kappa shape index (κ2) is 5.41. The second-order valence-corrected chi connectivity index (χ2v) is 5.00. The van der Waals surface area contributed by atoms with Crippen molar-refractivity contribution in [3.63, 3.8) is 0 Å². The van der Waals surface area contributed by atoms with E-state index >= 15 is 0 Å². The summed E-state index contributed by atoms with van der Waals surface area (Å²) in [6.45, 7) is 0. The summed E-state index contributed by atoms with van der Waals surface area (Å²) in [5.74, 6) is -2.94. The number of carbonyl (C=O) groups is 2. The highest BCUT2D eigenvalue weighted by molar-refractivity contribution is 6.02. The van der Waals surface area contributed by atoms with Gasteiger partial charge >= 0.3 is 11.9 Å². The van der Waals surface area contributed by atoms with Crippen LogP contribution in [0.4, 0.5) is 5.69 Å². The van der Waals surface area contributed by atoms with E-state index in [9.17, 15) is 19.8 Å². The number of allylic oxidation sites excluding steroid dienone is 2. The topological polar surface area (TPSA) is 127 Å². The molecule has 1 aliphatic rings. The summed E-state index contributed by atoms with van der Waals surface area (Å²) in [7, 11) is 0. The van der Waals surface area contributed by atoms with E-state index in [1.54, 1.807) is 18.2 Å². The van der Waals surface area contributed by atoms with Crippen LogP contribution in [-0.4, -0.2) is 28.2 Å². The zero-order chi connectivity index (χ0) is 15.6. The van der Waals surface area contributed by atoms with Crippen molar-refractivity contribution in [1.82, 2.24) is 0 Å². The number of anilines is 1. The van der Waals surface area contributed by atoms with Gasteiger partial charge in [-0.05, 0) is 29.7 Å². The van der Waals surface area contributed by atoms with Gasteiger partial charge in [0.15, 0.2) is 0 Å². The summed E-state index contributed by atoms with van der Waals surface area (Å²) in [5, 5.41) is 18.6. The first-order chi connectivity index (χ1) is 9.86. The molecule has 110 valence electrons. The Kier molecular flexibility index (Phi) is 3.82. The molecule has 0 aromatic heterocycles. The van der Waals surface area contributed by atoms with Crippen LogP contribution in [0.3, 0.4) is 0 Å². The van der Waals surface area contributed by atoms with E-state index in [1.807, 2.05) is 12.1 Å². The third-order valence-electron chi connectivity index (χ3n) is 3.55. The molecule has 0 bridgehead atoms. The third-order valence-corrected chi connectivity index (χ3v) is 3.55. The standard InChI is InChI=1S/C15H16N2O4/c16-11-4-1-9(2-5-11)7-10-3-6-12(17)15(8-10,13(18)19)14(20)21/h1-6,8,12H,7,16-17H2,(H,18,19)(H,20,21). The Morgan fingerprint density at radius 1 is 1.14 bits per heavy atom. The molecule has 0 spiro atoms. The Bertz CT molecular complexity index is 618. The van der Waals surface area contributed by atoms with Gasteiger partial charge in [-0.15, -0.1) is 0 Å². The van der Waals surface area contributed by atoms with Crippen LogP contribution in [0.2, 0.25) is 0 Å². The van der Waals surface area contributed by atoms with Gasteiger partial charge in [0, 0.05) is 5.69 Å². The Labute approximate surface area is 121 Å². The lowest BCUT2D eigenvalue weighted by atomic mass is 9.75. The molecule has 1 atom stereocenters. The summed E-state index contributed by atoms with van der Waals surface area (Å²) < 4.78 is 0. The molecule has 0 saturated carbocycles. The number of nitrogen functional groups attached to an aromatic ring is 1. The van der Waals surface area contributed by atoms with E-state index < -0.39 is 23.4 Å². The average Bonchev–Trinajstić information content (AvgIpc) is 2.42. The van der Waals surface area contributed by atoms with Gasteiger partial charge in [-0.1, -0.05) is 30.4 Å². The average molecular weight is 288 g/mol. The molecule has 0 radical (unpaired) electrons. The van der Waals surface area contributed by atoms with Crippen molar-refractivity contribution in [3.05, 3.63) is 53.6 Å². The minimum absolute atomic E-state index is 0.409. The van der Waals surface area contributed by atoms with E-state index in [2.05, 4.69) is 0 Å². The zero-order valence-corrected chi connectivity index (χ0v) is 11.2. The van der Waals surface area contributed by atoms with E-state index in [1.165, 1.54) is 12.2 Å². The Morgan fingerprint density at radius 3 is 2.24 bits per heavy atom. The minimum atomic E-state index is -2.13. The van der Waals surface area contributed by atoms with Crippen molar-refractivity contribution in [1.29, 1.82) is 0 Å². The molecule has 6 nitrogen and oxygen atoms in total. The molecule has 1 unspecified atom stereocenters. The van der Waals surface area contributed by atoms with E-state index in [4.69, 9.17) is 11.5 Å². The minimum Gasteiger partial charge on any atom is -0.480 e. The smallest absolute Gasteiger partial charge is 0.326 e. The molecule has 1 aliphatic carbocycles. The maximum atomic E-state index is 11.4. The van der Waals surface area contributed by atoms with Crippen LogP contribution in [0.1, 0.15) is 5.56 Å². The first-order valence-electron chi connectivity index (χ1n) is 6.33. The van der Waals surface area contributed by atoms with Gasteiger partial charge in [-0.3, -0.25) is 9.59 Å². The summed E-state index contributed by atoms with van der Waals surface area (Å²) in [5.41, 5.74) is 11.3. The summed E-state index contributed by atoms with van der Waals surface area (Å²) in [4.78, 5) is 22.8. The predicted octanol–water partition coefficient (Wildman–Crippen LogP) is 0.790. The highest BCUT2D eigenvalue weighted by Gasteiger charge is 2.50. The summed E-state index contributed by atoms with van der Waals surface area (Å²) in [6, 6.07) is 5.97. The van der Waals surface area contributed by atoms with Gasteiger partial charge in [0.1, 0.15) is 0 Å². The van der Waals surface area contributed by atoms with Crippen LogP contribution in [-0.2, 0) is 16.0 Å². The number of nitrogens with two attached hydrogens (primary N) is 2. The quantitative estimate of drug-likeness (QED) is 0.479. The van der Waals surface area contributed by atoms with Crippen molar-refractivity contribution in [2.24, 2.45) is 11.1 Å². The Morgan fingerprint density at radius 2 is 1.71 bits per heavy atom. The van der Waals surface area contributed by atoms with Crippen LogP contribution in [0.5, 0.6) is 0 Å². The molecular weight excluding hydrogens is 272 g/mol. The first kappa shape index (κ1) is 14.8. The van der Waals surface area contributed by atoms with Crippen molar-refractivity contribution < 1.29 is 19.8 Å². The number of carboxylic acid groups (broad SMARTS) is 2. The van der Waals surface area contributed by atoms with Crippen molar-refractivity contribution >= 4 is 17.6 Å². The van der Waals surface area contributed by atoms with Crippen molar-refractivity contribution in [3.8, 4) is 0 Å². The predicted molar refractivity (Wildman–Crippen MR) is 77.5 cm³/mol. The van der Waals surface area contributed by atoms with Crippen molar-refractivity contribution in [2.45, 2.75) is 12.5 Å². The fraction of sp³-hybridized carbons (Fsp3) is 0.200. The molecule has 0 saturated heterocycles. The number of hydrogen-bond donors (Lipinski definition) is 4. The molecular formula is C15H16N2O4. The van der Waals surface area contributed by atoms with E-state index in [-0.39, 0.29) is 0 Å². The molecule has 1 aromatic rings. The summed E-state index contributed by atoms with van der Waals surface area (Å²) >= 11 is 0. The molecule has 6 N–H and O–H groups in total. The third kappa shape index (κ3) is 2.66. The molecule has 0 fully saturated rings. The largest absolute Gasteiger partial charge is 0.480 e. The first-order valence-corrected chi connectivity index (χ1v) is 6.33. The lowest BCUT2D eigenvalue weighted by Crippen LogP contribution is -2.52. The Hall–Kier alpha value is -2.60. The van der Waals surface area contributed by atoms with Crippen LogP contribution < -0.4 is 11.5 Å². The van der Waals surface area contributed by atoms with Crippen LogP contribution >= 0.6 is 0 Å². The molecule has 1 aromatic carbocycles. The highest BCUT2D eigenvalue weighted by atomic mass is 16.4. The number of rotatable bonds is 4. The van der Waals surface area contributed by atoms with Gasteiger partial charge in [-0.25, -0.2) is 0 Å². The maximum Gasteiger partial charge on any atom is 0.326 e. The van der Waals surface area contributed by atoms with Crippen molar-refractivity contribution in [2.75, 3.05) is 5.73 Å². The van der Waals surface area contributed by atoms with Gasteiger partial charge in [0.05, 0.1) is 6.04 Å². The molecule has 21 heavy (non-hydrogen) atoms. The lowest BCUT2D eigenvalue weighted by Gasteiger charge is -2.29. The van der Waals surface area contributed by atoms with Gasteiger partial charge < -0.3 is 21.7 Å². The number of benzene rings is 1. The zero-order valence-electron chi connectivity index (χ0n) is 11.2. The molecule has 0 amide bonds. The fourth-order valence-electron chi connectivity index (χ4n) is 2.30. The number of hydrogen-bond acceptors (Lipinski definition) is 4. The maximum absolute atomic E-state index is 11.4. The highest BCUT2D eigenvalue weighted by Crippen LogP contribution is 2.31. The normalized spacial score (nSPS) is 19.9. The summed E-state index contributed by atoms with van der Waals surface area (Å²) in [6.07, 6.45) is 4.70. The van der Waals surface area contributed by atoms with E-state index in [0.29, 0.717) is 17.7 Å². The number of carboxylic acids is 2. The van der Waals surface area contributed by atoms with Crippen LogP contribution in [0, 0.1) is 5.41 Å². The molecule has 0 aliphatic heterocycles.